The third-order valence-electron chi connectivity index (χ3n) is 2.74. The molecule has 1 aromatic rings. The van der Waals surface area contributed by atoms with Crippen molar-refractivity contribution in [1.29, 1.82) is 0 Å². The maximum absolute atomic E-state index is 5.72. The standard InChI is InChI=1S/C13H18BrNOS/c1-9-4-5-11(10(14)8-9)16-7-6-13(2,3)12(15)17/h4-5,8H,6-7H2,1-3H3,(H2,15,17). The molecule has 0 spiro atoms. The molecule has 94 valence electrons. The normalized spacial score (nSPS) is 11.3. The predicted molar refractivity (Wildman–Crippen MR) is 79.6 cm³/mol. The Kier molecular flexibility index (Phi) is 4.95. The number of halogens is 1. The highest BCUT2D eigenvalue weighted by atomic mass is 79.9. The third kappa shape index (κ3) is 4.28. The minimum Gasteiger partial charge on any atom is -0.492 e. The quantitative estimate of drug-likeness (QED) is 0.838. The fourth-order valence-electron chi connectivity index (χ4n) is 1.26. The van der Waals surface area contributed by atoms with Crippen molar-refractivity contribution < 1.29 is 4.74 Å². The zero-order valence-electron chi connectivity index (χ0n) is 10.4. The Labute approximate surface area is 117 Å². The topological polar surface area (TPSA) is 35.2 Å². The Morgan fingerprint density at radius 1 is 1.47 bits per heavy atom. The van der Waals surface area contributed by atoms with E-state index in [1.54, 1.807) is 0 Å². The van der Waals surface area contributed by atoms with Crippen LogP contribution in [0.15, 0.2) is 22.7 Å². The molecule has 0 saturated carbocycles. The lowest BCUT2D eigenvalue weighted by atomic mass is 9.90. The second kappa shape index (κ2) is 5.83. The van der Waals surface area contributed by atoms with Gasteiger partial charge in [0.2, 0.25) is 0 Å². The van der Waals surface area contributed by atoms with Crippen molar-refractivity contribution in [2.75, 3.05) is 6.61 Å². The van der Waals surface area contributed by atoms with Gasteiger partial charge in [-0.1, -0.05) is 32.1 Å². The maximum Gasteiger partial charge on any atom is 0.133 e. The van der Waals surface area contributed by atoms with Crippen molar-refractivity contribution in [2.45, 2.75) is 27.2 Å². The molecule has 17 heavy (non-hydrogen) atoms. The van der Waals surface area contributed by atoms with Gasteiger partial charge in [0.1, 0.15) is 5.75 Å². The third-order valence-corrected chi connectivity index (χ3v) is 3.91. The number of aryl methyl sites for hydroxylation is 1. The van der Waals surface area contributed by atoms with Crippen LogP contribution < -0.4 is 10.5 Å². The fourth-order valence-corrected chi connectivity index (χ4v) is 1.97. The zero-order valence-corrected chi connectivity index (χ0v) is 12.8. The monoisotopic (exact) mass is 315 g/mol. The molecule has 0 heterocycles. The van der Waals surface area contributed by atoms with Crippen LogP contribution in [-0.4, -0.2) is 11.6 Å². The molecule has 4 heteroatoms. The first kappa shape index (κ1) is 14.5. The predicted octanol–water partition coefficient (Wildman–Crippen LogP) is 3.84. The van der Waals surface area contributed by atoms with Crippen molar-refractivity contribution in [3.05, 3.63) is 28.2 Å². The molecule has 0 aromatic heterocycles. The lowest BCUT2D eigenvalue weighted by Gasteiger charge is -2.23. The molecule has 2 N–H and O–H groups in total. The Morgan fingerprint density at radius 2 is 2.12 bits per heavy atom. The molecule has 0 bridgehead atoms. The van der Waals surface area contributed by atoms with Gasteiger partial charge >= 0.3 is 0 Å². The van der Waals surface area contributed by atoms with Crippen molar-refractivity contribution in [1.82, 2.24) is 0 Å². The average Bonchev–Trinajstić information content (AvgIpc) is 2.21. The number of ether oxygens (including phenoxy) is 1. The number of rotatable bonds is 5. The first-order chi connectivity index (χ1) is 7.83. The van der Waals surface area contributed by atoms with Crippen molar-refractivity contribution in [3.8, 4) is 5.75 Å². The van der Waals surface area contributed by atoms with E-state index in [0.29, 0.717) is 11.6 Å². The summed E-state index contributed by atoms with van der Waals surface area (Å²) in [6.07, 6.45) is 0.808. The highest BCUT2D eigenvalue weighted by Gasteiger charge is 2.21. The number of nitrogens with two attached hydrogens (primary N) is 1. The van der Waals surface area contributed by atoms with E-state index in [-0.39, 0.29) is 5.41 Å². The summed E-state index contributed by atoms with van der Waals surface area (Å²) in [6.45, 7) is 6.71. The lowest BCUT2D eigenvalue weighted by Crippen LogP contribution is -2.31. The van der Waals surface area contributed by atoms with Crippen LogP contribution in [0.4, 0.5) is 0 Å². The second-order valence-corrected chi connectivity index (χ2v) is 6.07. The summed E-state index contributed by atoms with van der Waals surface area (Å²) < 4.78 is 6.69. The summed E-state index contributed by atoms with van der Waals surface area (Å²) in [5, 5.41) is 0. The van der Waals surface area contributed by atoms with E-state index >= 15 is 0 Å². The Balaban J connectivity index is 2.54. The Bertz CT molecular complexity index is 418. The smallest absolute Gasteiger partial charge is 0.133 e. The van der Waals surface area contributed by atoms with Crippen LogP contribution in [0.2, 0.25) is 0 Å². The molecule has 0 radical (unpaired) electrons. The SMILES string of the molecule is Cc1ccc(OCCC(C)(C)C(N)=S)c(Br)c1. The summed E-state index contributed by atoms with van der Waals surface area (Å²) in [5.74, 6) is 0.856. The lowest BCUT2D eigenvalue weighted by molar-refractivity contribution is 0.269. The van der Waals surface area contributed by atoms with E-state index in [2.05, 4.69) is 15.9 Å². The number of thiocarbonyl (C=S) groups is 1. The van der Waals surface area contributed by atoms with Crippen molar-refractivity contribution in [3.63, 3.8) is 0 Å². The van der Waals surface area contributed by atoms with E-state index in [0.717, 1.165) is 16.6 Å². The van der Waals surface area contributed by atoms with Gasteiger partial charge in [-0.25, -0.2) is 0 Å². The molecule has 0 fully saturated rings. The Hall–Kier alpha value is -0.610. The second-order valence-electron chi connectivity index (χ2n) is 4.78. The van der Waals surface area contributed by atoms with Crippen molar-refractivity contribution in [2.24, 2.45) is 11.1 Å². The first-order valence-electron chi connectivity index (χ1n) is 5.52. The molecule has 0 amide bonds. The van der Waals surface area contributed by atoms with Gasteiger partial charge in [-0.2, -0.15) is 0 Å². The molecule has 0 aliphatic carbocycles. The highest BCUT2D eigenvalue weighted by Crippen LogP contribution is 2.27. The van der Waals surface area contributed by atoms with Crippen LogP contribution in [0.5, 0.6) is 5.75 Å². The maximum atomic E-state index is 5.72. The van der Waals surface area contributed by atoms with Gasteiger partial charge in [-0.15, -0.1) is 0 Å². The number of hydrogen-bond acceptors (Lipinski definition) is 2. The van der Waals surface area contributed by atoms with E-state index in [4.69, 9.17) is 22.7 Å². The van der Waals surface area contributed by atoms with Gasteiger partial charge in [0.15, 0.2) is 0 Å². The first-order valence-corrected chi connectivity index (χ1v) is 6.72. The summed E-state index contributed by atoms with van der Waals surface area (Å²) in [6, 6.07) is 6.03. The minimum atomic E-state index is -0.160. The van der Waals surface area contributed by atoms with Crippen LogP contribution in [0.25, 0.3) is 0 Å². The summed E-state index contributed by atoms with van der Waals surface area (Å²) in [5.41, 5.74) is 6.71. The highest BCUT2D eigenvalue weighted by molar-refractivity contribution is 9.10. The molecular formula is C13H18BrNOS. The van der Waals surface area contributed by atoms with Crippen LogP contribution >= 0.6 is 28.1 Å². The molecule has 1 aromatic carbocycles. The van der Waals surface area contributed by atoms with Crippen molar-refractivity contribution >= 4 is 33.1 Å². The largest absolute Gasteiger partial charge is 0.492 e. The molecule has 0 atom stereocenters. The Morgan fingerprint density at radius 3 is 2.65 bits per heavy atom. The average molecular weight is 316 g/mol. The summed E-state index contributed by atoms with van der Waals surface area (Å²) >= 11 is 8.50. The molecule has 0 unspecified atom stereocenters. The molecule has 0 aliphatic heterocycles. The molecule has 2 nitrogen and oxygen atoms in total. The number of benzene rings is 1. The zero-order chi connectivity index (χ0) is 13.1. The van der Waals surface area contributed by atoms with Gasteiger partial charge in [0, 0.05) is 5.41 Å². The van der Waals surface area contributed by atoms with Crippen LogP contribution in [0.1, 0.15) is 25.8 Å². The van der Waals surface area contributed by atoms with Crippen LogP contribution in [0, 0.1) is 12.3 Å². The molecule has 0 aliphatic rings. The molecular weight excluding hydrogens is 298 g/mol. The molecule has 0 saturated heterocycles. The summed E-state index contributed by atoms with van der Waals surface area (Å²) in [4.78, 5) is 0.532. The van der Waals surface area contributed by atoms with Gasteiger partial charge in [-0.3, -0.25) is 0 Å². The minimum absolute atomic E-state index is 0.160. The number of hydrogen-bond donors (Lipinski definition) is 1. The van der Waals surface area contributed by atoms with Gasteiger partial charge < -0.3 is 10.5 Å². The van der Waals surface area contributed by atoms with Gasteiger partial charge in [0.25, 0.3) is 0 Å². The molecule has 1 rings (SSSR count). The van der Waals surface area contributed by atoms with Gasteiger partial charge in [0.05, 0.1) is 16.1 Å². The van der Waals surface area contributed by atoms with E-state index < -0.39 is 0 Å². The van der Waals surface area contributed by atoms with Crippen LogP contribution in [0.3, 0.4) is 0 Å². The fraction of sp³-hybridized carbons (Fsp3) is 0.462. The summed E-state index contributed by atoms with van der Waals surface area (Å²) in [7, 11) is 0. The van der Waals surface area contributed by atoms with E-state index in [9.17, 15) is 0 Å². The van der Waals surface area contributed by atoms with Gasteiger partial charge in [-0.05, 0) is 47.0 Å². The van der Waals surface area contributed by atoms with Crippen LogP contribution in [-0.2, 0) is 0 Å². The van der Waals surface area contributed by atoms with E-state index in [1.807, 2.05) is 39.0 Å². The van der Waals surface area contributed by atoms with E-state index in [1.165, 1.54) is 5.56 Å².